The first-order chi connectivity index (χ1) is 11.0. The van der Waals surface area contributed by atoms with Gasteiger partial charge < -0.3 is 15.0 Å². The van der Waals surface area contributed by atoms with Gasteiger partial charge in [0, 0.05) is 36.9 Å². The topological polar surface area (TPSA) is 71.5 Å². The number of amides is 2. The molecule has 128 valence electrons. The molecule has 1 atom stereocenters. The summed E-state index contributed by atoms with van der Waals surface area (Å²) in [4.78, 5) is 30.3. The highest BCUT2D eigenvalue weighted by molar-refractivity contribution is 7.13. The van der Waals surface area contributed by atoms with E-state index in [4.69, 9.17) is 4.74 Å². The predicted octanol–water partition coefficient (Wildman–Crippen LogP) is 2.17. The second kappa shape index (κ2) is 8.40. The van der Waals surface area contributed by atoms with E-state index in [0.717, 1.165) is 26.2 Å². The molecule has 1 aromatic heterocycles. The van der Waals surface area contributed by atoms with Crippen molar-refractivity contribution >= 4 is 28.3 Å². The van der Waals surface area contributed by atoms with Gasteiger partial charge in [-0.05, 0) is 13.3 Å². The lowest BCUT2D eigenvalue weighted by atomic mass is 10.1. The molecule has 2 amide bonds. The quantitative estimate of drug-likeness (QED) is 0.826. The van der Waals surface area contributed by atoms with Crippen LogP contribution in [-0.2, 0) is 20.7 Å². The molecule has 1 fully saturated rings. The Morgan fingerprint density at radius 3 is 2.91 bits per heavy atom. The van der Waals surface area contributed by atoms with Gasteiger partial charge in [0.05, 0.1) is 18.7 Å². The average molecular weight is 339 g/mol. The summed E-state index contributed by atoms with van der Waals surface area (Å²) < 4.78 is 5.37. The van der Waals surface area contributed by atoms with E-state index in [1.807, 2.05) is 31.1 Å². The number of thiazole rings is 1. The molecule has 1 aliphatic rings. The SMILES string of the molecule is CCN(C[C@H]1CCOC1)C(=O)Cc1csc(NC(=O)C(C)C)n1. The Bertz CT molecular complexity index is 538. The van der Waals surface area contributed by atoms with Crippen LogP contribution < -0.4 is 5.32 Å². The molecule has 2 heterocycles. The molecule has 0 spiro atoms. The summed E-state index contributed by atoms with van der Waals surface area (Å²) in [7, 11) is 0. The van der Waals surface area contributed by atoms with Crippen LogP contribution in [0.25, 0.3) is 0 Å². The lowest BCUT2D eigenvalue weighted by molar-refractivity contribution is -0.131. The molecule has 23 heavy (non-hydrogen) atoms. The fraction of sp³-hybridized carbons (Fsp3) is 0.688. The molecule has 0 unspecified atom stereocenters. The van der Waals surface area contributed by atoms with Crippen LogP contribution in [0.3, 0.4) is 0 Å². The van der Waals surface area contributed by atoms with Crippen molar-refractivity contribution in [2.24, 2.45) is 11.8 Å². The maximum atomic E-state index is 12.4. The molecular weight excluding hydrogens is 314 g/mol. The number of hydrogen-bond donors (Lipinski definition) is 1. The van der Waals surface area contributed by atoms with Gasteiger partial charge in [-0.2, -0.15) is 0 Å². The number of nitrogens with zero attached hydrogens (tertiary/aromatic N) is 2. The van der Waals surface area contributed by atoms with Gasteiger partial charge in [-0.1, -0.05) is 13.8 Å². The Morgan fingerprint density at radius 2 is 2.30 bits per heavy atom. The van der Waals surface area contributed by atoms with Crippen LogP contribution in [0.2, 0.25) is 0 Å². The van der Waals surface area contributed by atoms with Gasteiger partial charge in [-0.15, -0.1) is 11.3 Å². The highest BCUT2D eigenvalue weighted by Crippen LogP contribution is 2.18. The van der Waals surface area contributed by atoms with Crippen molar-refractivity contribution in [2.75, 3.05) is 31.6 Å². The molecule has 1 saturated heterocycles. The monoisotopic (exact) mass is 339 g/mol. The number of aromatic nitrogens is 1. The molecule has 2 rings (SSSR count). The Balaban J connectivity index is 1.88. The van der Waals surface area contributed by atoms with Crippen LogP contribution in [0, 0.1) is 11.8 Å². The number of nitrogens with one attached hydrogen (secondary N) is 1. The molecule has 0 aliphatic carbocycles. The van der Waals surface area contributed by atoms with Gasteiger partial charge in [0.25, 0.3) is 0 Å². The third kappa shape index (κ3) is 5.28. The second-order valence-corrected chi connectivity index (χ2v) is 6.98. The van der Waals surface area contributed by atoms with Crippen molar-refractivity contribution in [1.29, 1.82) is 0 Å². The van der Waals surface area contributed by atoms with E-state index in [0.29, 0.717) is 23.3 Å². The summed E-state index contributed by atoms with van der Waals surface area (Å²) in [6.45, 7) is 8.63. The highest BCUT2D eigenvalue weighted by Gasteiger charge is 2.22. The fourth-order valence-corrected chi connectivity index (χ4v) is 3.12. The van der Waals surface area contributed by atoms with Crippen molar-refractivity contribution < 1.29 is 14.3 Å². The lowest BCUT2D eigenvalue weighted by Gasteiger charge is -2.23. The van der Waals surface area contributed by atoms with Crippen LogP contribution in [0.1, 0.15) is 32.9 Å². The predicted molar refractivity (Wildman–Crippen MR) is 90.5 cm³/mol. The zero-order valence-electron chi connectivity index (χ0n) is 14.0. The zero-order chi connectivity index (χ0) is 16.8. The lowest BCUT2D eigenvalue weighted by Crippen LogP contribution is -2.36. The smallest absolute Gasteiger partial charge is 0.228 e. The van der Waals surface area contributed by atoms with Gasteiger partial charge in [0.1, 0.15) is 0 Å². The summed E-state index contributed by atoms with van der Waals surface area (Å²) in [6.07, 6.45) is 1.29. The molecule has 0 aromatic carbocycles. The van der Waals surface area contributed by atoms with Crippen LogP contribution in [0.15, 0.2) is 5.38 Å². The summed E-state index contributed by atoms with van der Waals surface area (Å²) in [5.74, 6) is 0.364. The highest BCUT2D eigenvalue weighted by atomic mass is 32.1. The van der Waals surface area contributed by atoms with Crippen LogP contribution in [0.4, 0.5) is 5.13 Å². The van der Waals surface area contributed by atoms with Crippen molar-refractivity contribution in [3.8, 4) is 0 Å². The Labute approximate surface area is 141 Å². The standard InChI is InChI=1S/C16H25N3O3S/c1-4-19(8-12-5-6-22-9-12)14(20)7-13-10-23-16(17-13)18-15(21)11(2)3/h10-12H,4-9H2,1-3H3,(H,17,18,21)/t12-/m1/s1. The largest absolute Gasteiger partial charge is 0.381 e. The van der Waals surface area contributed by atoms with Crippen molar-refractivity contribution in [3.63, 3.8) is 0 Å². The Hall–Kier alpha value is -1.47. The van der Waals surface area contributed by atoms with Gasteiger partial charge in [-0.3, -0.25) is 9.59 Å². The molecule has 0 bridgehead atoms. The third-order valence-electron chi connectivity index (χ3n) is 3.88. The average Bonchev–Trinajstić information content (AvgIpc) is 3.16. The number of carbonyl (C=O) groups is 2. The Kier molecular flexibility index (Phi) is 6.53. The van der Waals surface area contributed by atoms with Crippen LogP contribution in [-0.4, -0.2) is 48.0 Å². The van der Waals surface area contributed by atoms with Crippen molar-refractivity contribution in [3.05, 3.63) is 11.1 Å². The first-order valence-corrected chi connectivity index (χ1v) is 8.98. The molecule has 6 nitrogen and oxygen atoms in total. The number of likely N-dealkylation sites (N-methyl/N-ethyl adjacent to an activating group) is 1. The molecule has 1 N–H and O–H groups in total. The van der Waals surface area contributed by atoms with E-state index >= 15 is 0 Å². The molecule has 0 saturated carbocycles. The maximum Gasteiger partial charge on any atom is 0.228 e. The minimum absolute atomic E-state index is 0.0614. The van der Waals surface area contributed by atoms with Crippen LogP contribution in [0.5, 0.6) is 0 Å². The van der Waals surface area contributed by atoms with E-state index in [1.54, 1.807) is 0 Å². The first-order valence-electron chi connectivity index (χ1n) is 8.10. The van der Waals surface area contributed by atoms with E-state index < -0.39 is 0 Å². The summed E-state index contributed by atoms with van der Waals surface area (Å²) in [5.41, 5.74) is 0.708. The number of ether oxygens (including phenoxy) is 1. The van der Waals surface area contributed by atoms with Crippen molar-refractivity contribution in [2.45, 2.75) is 33.6 Å². The number of carbonyl (C=O) groups excluding carboxylic acids is 2. The molecule has 1 aromatic rings. The summed E-state index contributed by atoms with van der Waals surface area (Å²) >= 11 is 1.36. The minimum atomic E-state index is -0.0896. The number of rotatable bonds is 7. The number of hydrogen-bond acceptors (Lipinski definition) is 5. The first kappa shape index (κ1) is 17.9. The summed E-state index contributed by atoms with van der Waals surface area (Å²) in [6, 6.07) is 0. The second-order valence-electron chi connectivity index (χ2n) is 6.13. The number of anilines is 1. The van der Waals surface area contributed by atoms with Crippen molar-refractivity contribution in [1.82, 2.24) is 9.88 Å². The normalized spacial score (nSPS) is 17.5. The van der Waals surface area contributed by atoms with Gasteiger partial charge in [0.15, 0.2) is 5.13 Å². The van der Waals surface area contributed by atoms with Gasteiger partial charge in [0.2, 0.25) is 11.8 Å². The van der Waals surface area contributed by atoms with E-state index in [2.05, 4.69) is 10.3 Å². The zero-order valence-corrected chi connectivity index (χ0v) is 14.8. The van der Waals surface area contributed by atoms with E-state index in [9.17, 15) is 9.59 Å². The molecular formula is C16H25N3O3S. The third-order valence-corrected chi connectivity index (χ3v) is 4.68. The van der Waals surface area contributed by atoms with Gasteiger partial charge in [-0.25, -0.2) is 4.98 Å². The minimum Gasteiger partial charge on any atom is -0.381 e. The molecule has 1 aliphatic heterocycles. The Morgan fingerprint density at radius 1 is 1.52 bits per heavy atom. The molecule has 0 radical (unpaired) electrons. The van der Waals surface area contributed by atoms with E-state index in [-0.39, 0.29) is 24.2 Å². The maximum absolute atomic E-state index is 12.4. The van der Waals surface area contributed by atoms with Gasteiger partial charge >= 0.3 is 0 Å². The van der Waals surface area contributed by atoms with Crippen LogP contribution >= 0.6 is 11.3 Å². The summed E-state index contributed by atoms with van der Waals surface area (Å²) in [5, 5.41) is 5.15. The van der Waals surface area contributed by atoms with E-state index in [1.165, 1.54) is 11.3 Å². The fourth-order valence-electron chi connectivity index (χ4n) is 2.41. The molecule has 7 heteroatoms.